The van der Waals surface area contributed by atoms with E-state index >= 15 is 0 Å². The molecule has 1 atom stereocenters. The zero-order valence-electron chi connectivity index (χ0n) is 14.1. The summed E-state index contributed by atoms with van der Waals surface area (Å²) in [4.78, 5) is 13.0. The highest BCUT2D eigenvalue weighted by molar-refractivity contribution is 6.04. The molecule has 2 aromatic carbocycles. The third-order valence-corrected chi connectivity index (χ3v) is 4.95. The van der Waals surface area contributed by atoms with Crippen LogP contribution in [0.4, 0.5) is 0 Å². The van der Waals surface area contributed by atoms with E-state index in [1.54, 1.807) is 14.2 Å². The molecule has 0 saturated heterocycles. The summed E-state index contributed by atoms with van der Waals surface area (Å²) in [5.74, 6) is 1.40. The summed E-state index contributed by atoms with van der Waals surface area (Å²) in [5.41, 5.74) is 2.75. The lowest BCUT2D eigenvalue weighted by Crippen LogP contribution is -2.29. The highest BCUT2D eigenvalue weighted by Gasteiger charge is 2.46. The molecule has 0 radical (unpaired) electrons. The Morgan fingerprint density at radius 2 is 1.61 bits per heavy atom. The first-order chi connectivity index (χ1) is 11.0. The van der Waals surface area contributed by atoms with Crippen LogP contribution in [-0.2, 0) is 11.8 Å². The summed E-state index contributed by atoms with van der Waals surface area (Å²) in [6, 6.07) is 14.0. The zero-order valence-corrected chi connectivity index (χ0v) is 14.1. The first-order valence-corrected chi connectivity index (χ1v) is 7.83. The van der Waals surface area contributed by atoms with Gasteiger partial charge in [-0.1, -0.05) is 44.2 Å². The third kappa shape index (κ3) is 2.50. The molecule has 0 aromatic heterocycles. The molecule has 23 heavy (non-hydrogen) atoms. The highest BCUT2D eigenvalue weighted by Crippen LogP contribution is 2.47. The number of ketones is 1. The van der Waals surface area contributed by atoms with Crippen LogP contribution in [0.1, 0.15) is 35.3 Å². The van der Waals surface area contributed by atoms with Gasteiger partial charge in [-0.2, -0.15) is 0 Å². The van der Waals surface area contributed by atoms with Gasteiger partial charge in [-0.25, -0.2) is 0 Å². The van der Waals surface area contributed by atoms with Crippen molar-refractivity contribution in [2.45, 2.75) is 25.7 Å². The molecule has 1 unspecified atom stereocenters. The van der Waals surface area contributed by atoms with Gasteiger partial charge in [0.05, 0.1) is 14.2 Å². The molecule has 0 spiro atoms. The Kier molecular flexibility index (Phi) is 3.88. The first kappa shape index (κ1) is 15.6. The fourth-order valence-electron chi connectivity index (χ4n) is 3.52. The number of carbonyl (C=O) groups is 1. The quantitative estimate of drug-likeness (QED) is 0.855. The second-order valence-electron chi connectivity index (χ2n) is 6.58. The molecule has 0 fully saturated rings. The number of rotatable bonds is 4. The van der Waals surface area contributed by atoms with Gasteiger partial charge in [-0.05, 0) is 29.7 Å². The topological polar surface area (TPSA) is 35.5 Å². The largest absolute Gasteiger partial charge is 0.493 e. The van der Waals surface area contributed by atoms with Crippen LogP contribution in [0.25, 0.3) is 0 Å². The maximum atomic E-state index is 13.0. The van der Waals surface area contributed by atoms with Gasteiger partial charge in [-0.15, -0.1) is 0 Å². The van der Waals surface area contributed by atoms with Crippen molar-refractivity contribution in [2.75, 3.05) is 14.2 Å². The number of hydrogen-bond donors (Lipinski definition) is 0. The molecule has 0 heterocycles. The minimum Gasteiger partial charge on any atom is -0.493 e. The first-order valence-electron chi connectivity index (χ1n) is 7.83. The smallest absolute Gasteiger partial charge is 0.167 e. The Morgan fingerprint density at radius 3 is 2.22 bits per heavy atom. The van der Waals surface area contributed by atoms with E-state index in [0.29, 0.717) is 11.5 Å². The van der Waals surface area contributed by atoms with Crippen LogP contribution in [0.2, 0.25) is 0 Å². The van der Waals surface area contributed by atoms with Gasteiger partial charge >= 0.3 is 0 Å². The molecule has 0 saturated carbocycles. The summed E-state index contributed by atoms with van der Waals surface area (Å²) in [7, 11) is 3.21. The number of hydrogen-bond acceptors (Lipinski definition) is 3. The Balaban J connectivity index is 2.04. The number of carbonyl (C=O) groups excluding carboxylic acids is 1. The fraction of sp³-hybridized carbons (Fsp3) is 0.350. The van der Waals surface area contributed by atoms with Crippen LogP contribution in [0.5, 0.6) is 11.5 Å². The van der Waals surface area contributed by atoms with E-state index in [2.05, 4.69) is 26.0 Å². The standard InChI is InChI=1S/C20H22O3/c1-20(2)15-12-18(23-4)17(22-3)11-14(15)19(21)16(20)10-13-8-6-5-7-9-13/h5-9,11-12,16H,10H2,1-4H3. The normalized spacial score (nSPS) is 18.6. The van der Waals surface area contributed by atoms with E-state index in [9.17, 15) is 4.79 Å². The van der Waals surface area contributed by atoms with Crippen LogP contribution >= 0.6 is 0 Å². The van der Waals surface area contributed by atoms with Crippen LogP contribution < -0.4 is 9.47 Å². The van der Waals surface area contributed by atoms with Crippen molar-refractivity contribution >= 4 is 5.78 Å². The molecule has 3 nitrogen and oxygen atoms in total. The van der Waals surface area contributed by atoms with Crippen LogP contribution in [0.3, 0.4) is 0 Å². The maximum absolute atomic E-state index is 13.0. The Labute approximate surface area is 137 Å². The van der Waals surface area contributed by atoms with Gasteiger partial charge in [0.2, 0.25) is 0 Å². The van der Waals surface area contributed by atoms with E-state index in [0.717, 1.165) is 17.5 Å². The molecule has 2 aromatic rings. The van der Waals surface area contributed by atoms with E-state index < -0.39 is 0 Å². The third-order valence-electron chi connectivity index (χ3n) is 4.95. The molecule has 3 rings (SSSR count). The second kappa shape index (κ2) is 5.73. The summed E-state index contributed by atoms with van der Waals surface area (Å²) < 4.78 is 10.8. The van der Waals surface area contributed by atoms with Crippen molar-refractivity contribution in [3.63, 3.8) is 0 Å². The number of benzene rings is 2. The van der Waals surface area contributed by atoms with Gasteiger partial charge < -0.3 is 9.47 Å². The van der Waals surface area contributed by atoms with E-state index in [1.165, 1.54) is 5.56 Å². The molecule has 1 aliphatic rings. The van der Waals surface area contributed by atoms with Gasteiger partial charge in [0.1, 0.15) is 0 Å². The Hall–Kier alpha value is -2.29. The molecule has 0 aliphatic heterocycles. The predicted octanol–water partition coefficient (Wildman–Crippen LogP) is 4.04. The fourth-order valence-corrected chi connectivity index (χ4v) is 3.52. The monoisotopic (exact) mass is 310 g/mol. The minimum atomic E-state index is -0.234. The maximum Gasteiger partial charge on any atom is 0.167 e. The minimum absolute atomic E-state index is 0.0725. The highest BCUT2D eigenvalue weighted by atomic mass is 16.5. The average molecular weight is 310 g/mol. The van der Waals surface area contributed by atoms with Gasteiger partial charge in [0.15, 0.2) is 17.3 Å². The number of ether oxygens (including phenoxy) is 2. The Morgan fingerprint density at radius 1 is 1.00 bits per heavy atom. The lowest BCUT2D eigenvalue weighted by atomic mass is 9.75. The van der Waals surface area contributed by atoms with Crippen molar-refractivity contribution in [1.29, 1.82) is 0 Å². The number of Topliss-reactive ketones (excluding diaryl/α,β-unsaturated/α-hetero) is 1. The molecule has 0 amide bonds. The average Bonchev–Trinajstić information content (AvgIpc) is 2.75. The van der Waals surface area contributed by atoms with Crippen LogP contribution in [0.15, 0.2) is 42.5 Å². The summed E-state index contributed by atoms with van der Waals surface area (Å²) in [6.45, 7) is 4.27. The summed E-state index contributed by atoms with van der Waals surface area (Å²) in [5, 5.41) is 0. The molecular weight excluding hydrogens is 288 g/mol. The van der Waals surface area contributed by atoms with Crippen LogP contribution in [-0.4, -0.2) is 20.0 Å². The van der Waals surface area contributed by atoms with Crippen molar-refractivity contribution < 1.29 is 14.3 Å². The molecule has 3 heteroatoms. The zero-order chi connectivity index (χ0) is 16.6. The van der Waals surface area contributed by atoms with E-state index in [1.807, 2.05) is 30.3 Å². The Bertz CT molecular complexity index is 732. The SMILES string of the molecule is COc1cc2c(cc1OC)C(C)(C)C(Cc1ccccc1)C2=O. The molecule has 0 N–H and O–H groups in total. The summed E-state index contributed by atoms with van der Waals surface area (Å²) in [6.07, 6.45) is 0.742. The van der Waals surface area contributed by atoms with Crippen LogP contribution in [0, 0.1) is 5.92 Å². The van der Waals surface area contributed by atoms with E-state index in [4.69, 9.17) is 9.47 Å². The summed E-state index contributed by atoms with van der Waals surface area (Å²) >= 11 is 0. The predicted molar refractivity (Wildman–Crippen MR) is 90.5 cm³/mol. The van der Waals surface area contributed by atoms with Crippen molar-refractivity contribution in [3.8, 4) is 11.5 Å². The van der Waals surface area contributed by atoms with Gasteiger partial charge in [0.25, 0.3) is 0 Å². The van der Waals surface area contributed by atoms with Gasteiger partial charge in [0, 0.05) is 16.9 Å². The van der Waals surface area contributed by atoms with Crippen molar-refractivity contribution in [1.82, 2.24) is 0 Å². The lowest BCUT2D eigenvalue weighted by Gasteiger charge is -2.27. The van der Waals surface area contributed by atoms with E-state index in [-0.39, 0.29) is 17.1 Å². The molecule has 0 bridgehead atoms. The van der Waals surface area contributed by atoms with Crippen molar-refractivity contribution in [2.24, 2.45) is 5.92 Å². The lowest BCUT2D eigenvalue weighted by molar-refractivity contribution is 0.0897. The number of methoxy groups -OCH3 is 2. The molecule has 1 aliphatic carbocycles. The second-order valence-corrected chi connectivity index (χ2v) is 6.58. The van der Waals surface area contributed by atoms with Gasteiger partial charge in [-0.3, -0.25) is 4.79 Å². The molecular formula is C20H22O3. The number of fused-ring (bicyclic) bond motifs is 1. The molecule has 120 valence electrons. The van der Waals surface area contributed by atoms with Crippen molar-refractivity contribution in [3.05, 3.63) is 59.2 Å².